The molecule has 0 amide bonds. The van der Waals surface area contributed by atoms with Crippen molar-refractivity contribution in [3.05, 3.63) is 51.7 Å². The van der Waals surface area contributed by atoms with Gasteiger partial charge in [0.2, 0.25) is 0 Å². The molecular formula is C15H15ClFN3. The number of anilines is 1. The van der Waals surface area contributed by atoms with Crippen molar-refractivity contribution in [2.45, 2.75) is 32.1 Å². The molecule has 20 heavy (non-hydrogen) atoms. The fraction of sp³-hybridized carbons (Fsp3) is 0.333. The molecule has 1 aromatic heterocycles. The second-order valence-corrected chi connectivity index (χ2v) is 5.44. The number of fused-ring (bicyclic) bond motifs is 1. The molecule has 0 atom stereocenters. The van der Waals surface area contributed by atoms with E-state index in [-0.39, 0.29) is 12.2 Å². The third kappa shape index (κ3) is 2.48. The summed E-state index contributed by atoms with van der Waals surface area (Å²) < 4.78 is 13.8. The van der Waals surface area contributed by atoms with Crippen molar-refractivity contribution >= 4 is 17.4 Å². The highest BCUT2D eigenvalue weighted by Crippen LogP contribution is 2.26. The van der Waals surface area contributed by atoms with Gasteiger partial charge in [0, 0.05) is 28.3 Å². The minimum Gasteiger partial charge on any atom is -0.383 e. The van der Waals surface area contributed by atoms with Crippen molar-refractivity contribution < 1.29 is 4.39 Å². The van der Waals surface area contributed by atoms with Gasteiger partial charge in [-0.2, -0.15) is 0 Å². The molecule has 0 radical (unpaired) electrons. The lowest BCUT2D eigenvalue weighted by molar-refractivity contribution is 0.610. The normalized spacial score (nSPS) is 14.1. The van der Waals surface area contributed by atoms with E-state index in [1.54, 1.807) is 12.1 Å². The first kappa shape index (κ1) is 13.3. The summed E-state index contributed by atoms with van der Waals surface area (Å²) >= 11 is 6.04. The average molecular weight is 292 g/mol. The zero-order chi connectivity index (χ0) is 14.1. The van der Waals surface area contributed by atoms with Gasteiger partial charge in [0.1, 0.15) is 17.5 Å². The molecule has 0 fully saturated rings. The van der Waals surface area contributed by atoms with Gasteiger partial charge in [-0.25, -0.2) is 14.4 Å². The van der Waals surface area contributed by atoms with Crippen LogP contribution >= 0.6 is 11.6 Å². The quantitative estimate of drug-likeness (QED) is 0.923. The Balaban J connectivity index is 1.97. The summed E-state index contributed by atoms with van der Waals surface area (Å²) in [6.45, 7) is 0. The van der Waals surface area contributed by atoms with E-state index in [1.807, 2.05) is 0 Å². The van der Waals surface area contributed by atoms with Crippen LogP contribution in [-0.4, -0.2) is 9.97 Å². The Kier molecular flexibility index (Phi) is 3.57. The first-order chi connectivity index (χ1) is 9.65. The number of nitrogens with two attached hydrogens (primary N) is 1. The smallest absolute Gasteiger partial charge is 0.135 e. The minimum atomic E-state index is -0.336. The number of aryl methyl sites for hydroxylation is 1. The highest BCUT2D eigenvalue weighted by atomic mass is 35.5. The Morgan fingerprint density at radius 1 is 1.20 bits per heavy atom. The first-order valence-corrected chi connectivity index (χ1v) is 7.10. The molecule has 104 valence electrons. The molecule has 3 rings (SSSR count). The summed E-state index contributed by atoms with van der Waals surface area (Å²) in [5.41, 5.74) is 8.48. The first-order valence-electron chi connectivity index (χ1n) is 6.72. The predicted octanol–water partition coefficient (Wildman–Crippen LogP) is 3.32. The van der Waals surface area contributed by atoms with Gasteiger partial charge in [-0.05, 0) is 37.8 Å². The van der Waals surface area contributed by atoms with Crippen molar-refractivity contribution in [2.24, 2.45) is 0 Å². The second kappa shape index (κ2) is 5.37. The Morgan fingerprint density at radius 3 is 2.80 bits per heavy atom. The van der Waals surface area contributed by atoms with Gasteiger partial charge in [-0.1, -0.05) is 17.7 Å². The van der Waals surface area contributed by atoms with Gasteiger partial charge in [0.05, 0.1) is 0 Å². The van der Waals surface area contributed by atoms with Crippen LogP contribution in [-0.2, 0) is 19.3 Å². The van der Waals surface area contributed by atoms with E-state index in [4.69, 9.17) is 17.3 Å². The van der Waals surface area contributed by atoms with Gasteiger partial charge in [0.25, 0.3) is 0 Å². The molecule has 0 saturated carbocycles. The molecule has 0 unspecified atom stereocenters. The number of nitrogens with zero attached hydrogens (tertiary/aromatic N) is 2. The highest BCUT2D eigenvalue weighted by molar-refractivity contribution is 6.31. The van der Waals surface area contributed by atoms with Gasteiger partial charge in [-0.15, -0.1) is 0 Å². The SMILES string of the molecule is Nc1nc(Cc2c(F)cccc2Cl)nc2c1CCCC2. The number of halogens is 2. The van der Waals surface area contributed by atoms with Crippen molar-refractivity contribution in [1.29, 1.82) is 0 Å². The van der Waals surface area contributed by atoms with E-state index >= 15 is 0 Å². The van der Waals surface area contributed by atoms with Crippen LogP contribution in [0.4, 0.5) is 10.2 Å². The van der Waals surface area contributed by atoms with Crippen LogP contribution in [0, 0.1) is 5.82 Å². The maximum Gasteiger partial charge on any atom is 0.135 e. The minimum absolute atomic E-state index is 0.267. The lowest BCUT2D eigenvalue weighted by Crippen LogP contribution is -2.13. The van der Waals surface area contributed by atoms with Crippen LogP contribution < -0.4 is 5.73 Å². The molecular weight excluding hydrogens is 277 g/mol. The standard InChI is InChI=1S/C15H15ClFN3/c16-11-5-3-6-12(17)10(11)8-14-19-13-7-2-1-4-9(13)15(18)20-14/h3,5-6H,1-2,4,7-8H2,(H2,18,19,20). The van der Waals surface area contributed by atoms with E-state index in [2.05, 4.69) is 9.97 Å². The van der Waals surface area contributed by atoms with E-state index in [0.717, 1.165) is 36.9 Å². The summed E-state index contributed by atoms with van der Waals surface area (Å²) in [5, 5.41) is 0.393. The number of hydrogen-bond donors (Lipinski definition) is 1. The molecule has 2 aromatic rings. The van der Waals surface area contributed by atoms with Crippen LogP contribution in [0.3, 0.4) is 0 Å². The topological polar surface area (TPSA) is 51.8 Å². The van der Waals surface area contributed by atoms with E-state index < -0.39 is 0 Å². The zero-order valence-corrected chi connectivity index (χ0v) is 11.8. The Morgan fingerprint density at radius 2 is 2.00 bits per heavy atom. The maximum atomic E-state index is 13.8. The van der Waals surface area contributed by atoms with Crippen LogP contribution in [0.1, 0.15) is 35.5 Å². The number of rotatable bonds is 2. The Labute approximate surface area is 122 Å². The van der Waals surface area contributed by atoms with E-state index in [9.17, 15) is 4.39 Å². The van der Waals surface area contributed by atoms with Crippen molar-refractivity contribution in [1.82, 2.24) is 9.97 Å². The van der Waals surface area contributed by atoms with Gasteiger partial charge in [0.15, 0.2) is 0 Å². The number of nitrogen functional groups attached to an aromatic ring is 1. The fourth-order valence-electron chi connectivity index (χ4n) is 2.61. The summed E-state index contributed by atoms with van der Waals surface area (Å²) in [7, 11) is 0. The third-order valence-electron chi connectivity index (χ3n) is 3.66. The lowest BCUT2D eigenvalue weighted by atomic mass is 9.96. The summed E-state index contributed by atoms with van der Waals surface area (Å²) in [4.78, 5) is 8.84. The molecule has 0 spiro atoms. The fourth-order valence-corrected chi connectivity index (χ4v) is 2.84. The molecule has 2 N–H and O–H groups in total. The maximum absolute atomic E-state index is 13.8. The number of benzene rings is 1. The largest absolute Gasteiger partial charge is 0.383 e. The van der Waals surface area contributed by atoms with Crippen molar-refractivity contribution in [2.75, 3.05) is 5.73 Å². The summed E-state index contributed by atoms with van der Waals surface area (Å²) in [6, 6.07) is 4.65. The summed E-state index contributed by atoms with van der Waals surface area (Å²) in [5.74, 6) is 0.727. The molecule has 3 nitrogen and oxygen atoms in total. The Bertz CT molecular complexity index is 638. The second-order valence-electron chi connectivity index (χ2n) is 5.03. The molecule has 0 aliphatic heterocycles. The van der Waals surface area contributed by atoms with Crippen LogP contribution in [0.2, 0.25) is 5.02 Å². The number of aromatic nitrogens is 2. The molecule has 0 bridgehead atoms. The molecule has 1 aliphatic rings. The van der Waals surface area contributed by atoms with Gasteiger partial charge >= 0.3 is 0 Å². The molecule has 5 heteroatoms. The highest BCUT2D eigenvalue weighted by Gasteiger charge is 2.17. The zero-order valence-electron chi connectivity index (χ0n) is 11.0. The van der Waals surface area contributed by atoms with E-state index in [0.29, 0.717) is 22.2 Å². The van der Waals surface area contributed by atoms with E-state index in [1.165, 1.54) is 6.07 Å². The van der Waals surface area contributed by atoms with Crippen LogP contribution in [0.5, 0.6) is 0 Å². The molecule has 1 aliphatic carbocycles. The number of hydrogen-bond acceptors (Lipinski definition) is 3. The molecule has 1 aromatic carbocycles. The summed E-state index contributed by atoms with van der Waals surface area (Å²) in [6.07, 6.45) is 4.35. The molecule has 1 heterocycles. The van der Waals surface area contributed by atoms with Crippen LogP contribution in [0.25, 0.3) is 0 Å². The molecule has 0 saturated heterocycles. The Hall–Kier alpha value is -1.68. The monoisotopic (exact) mass is 291 g/mol. The predicted molar refractivity (Wildman–Crippen MR) is 77.3 cm³/mol. The van der Waals surface area contributed by atoms with Gasteiger partial charge in [-0.3, -0.25) is 0 Å². The lowest BCUT2D eigenvalue weighted by Gasteiger charge is -2.17. The van der Waals surface area contributed by atoms with Crippen molar-refractivity contribution in [3.8, 4) is 0 Å². The van der Waals surface area contributed by atoms with Gasteiger partial charge < -0.3 is 5.73 Å². The third-order valence-corrected chi connectivity index (χ3v) is 4.01. The van der Waals surface area contributed by atoms with Crippen LogP contribution in [0.15, 0.2) is 18.2 Å². The van der Waals surface area contributed by atoms with Crippen molar-refractivity contribution in [3.63, 3.8) is 0 Å². The average Bonchev–Trinajstić information content (AvgIpc) is 2.43.